The van der Waals surface area contributed by atoms with Crippen molar-refractivity contribution in [3.63, 3.8) is 0 Å². The number of fused-ring (bicyclic) bond motifs is 1. The molecule has 27 heavy (non-hydrogen) atoms. The Morgan fingerprint density at radius 2 is 1.85 bits per heavy atom. The first-order valence-corrected chi connectivity index (χ1v) is 9.27. The molecule has 0 radical (unpaired) electrons. The van der Waals surface area contributed by atoms with Crippen molar-refractivity contribution in [1.29, 1.82) is 0 Å². The number of hydrogen-bond acceptors (Lipinski definition) is 2. The molecule has 2 unspecified atom stereocenters. The summed E-state index contributed by atoms with van der Waals surface area (Å²) in [4.78, 5) is 27.1. The Balaban J connectivity index is 1.41. The zero-order valence-corrected chi connectivity index (χ0v) is 15.0. The molecular formula is C21H22FN3O2. The first kappa shape index (κ1) is 17.5. The monoisotopic (exact) mass is 367 g/mol. The molecule has 3 aromatic rings. The van der Waals surface area contributed by atoms with E-state index in [1.54, 1.807) is 4.57 Å². The van der Waals surface area contributed by atoms with Crippen molar-refractivity contribution in [1.82, 2.24) is 14.9 Å². The van der Waals surface area contributed by atoms with Crippen molar-refractivity contribution < 1.29 is 9.18 Å². The van der Waals surface area contributed by atoms with Gasteiger partial charge in [0.2, 0.25) is 5.91 Å². The molecule has 1 aromatic heterocycles. The second-order valence-corrected chi connectivity index (χ2v) is 7.20. The molecule has 2 atom stereocenters. The quantitative estimate of drug-likeness (QED) is 0.728. The molecule has 0 aliphatic heterocycles. The highest BCUT2D eigenvalue weighted by Crippen LogP contribution is 2.21. The maximum Gasteiger partial charge on any atom is 0.326 e. The van der Waals surface area contributed by atoms with E-state index in [1.165, 1.54) is 0 Å². The van der Waals surface area contributed by atoms with Gasteiger partial charge in [-0.1, -0.05) is 36.4 Å². The molecule has 0 spiro atoms. The molecule has 1 amide bonds. The summed E-state index contributed by atoms with van der Waals surface area (Å²) in [5.41, 5.74) is 3.44. The SMILES string of the molecule is O=C(Cc1ccc(Cn2c(=O)[nH]c3ccccc32)cc1)NC1CCC(F)C1. The van der Waals surface area contributed by atoms with Crippen LogP contribution in [0.25, 0.3) is 11.0 Å². The molecule has 2 N–H and O–H groups in total. The summed E-state index contributed by atoms with van der Waals surface area (Å²) in [5, 5.41) is 2.91. The van der Waals surface area contributed by atoms with Gasteiger partial charge in [-0.2, -0.15) is 0 Å². The number of amides is 1. The van der Waals surface area contributed by atoms with Gasteiger partial charge in [0.25, 0.3) is 0 Å². The number of nitrogens with one attached hydrogen (secondary N) is 2. The van der Waals surface area contributed by atoms with Gasteiger partial charge in [-0.05, 0) is 42.5 Å². The van der Waals surface area contributed by atoms with E-state index in [0.717, 1.165) is 22.2 Å². The molecule has 5 nitrogen and oxygen atoms in total. The summed E-state index contributed by atoms with van der Waals surface area (Å²) in [6.45, 7) is 0.468. The van der Waals surface area contributed by atoms with E-state index < -0.39 is 6.17 Å². The summed E-state index contributed by atoms with van der Waals surface area (Å²) < 4.78 is 14.9. The normalized spacial score (nSPS) is 19.4. The number of imidazole rings is 1. The number of aromatic nitrogens is 2. The number of H-pyrrole nitrogens is 1. The number of nitrogens with zero attached hydrogens (tertiary/aromatic N) is 1. The van der Waals surface area contributed by atoms with E-state index >= 15 is 0 Å². The van der Waals surface area contributed by atoms with E-state index in [0.29, 0.717) is 25.8 Å². The number of para-hydroxylation sites is 2. The summed E-state index contributed by atoms with van der Waals surface area (Å²) >= 11 is 0. The van der Waals surface area contributed by atoms with Gasteiger partial charge in [-0.3, -0.25) is 9.36 Å². The maximum atomic E-state index is 13.2. The van der Waals surface area contributed by atoms with E-state index in [1.807, 2.05) is 48.5 Å². The zero-order valence-electron chi connectivity index (χ0n) is 15.0. The molecule has 4 rings (SSSR count). The maximum absolute atomic E-state index is 13.2. The van der Waals surface area contributed by atoms with Crippen molar-refractivity contribution in [2.45, 2.75) is 44.4 Å². The average Bonchev–Trinajstić information content (AvgIpc) is 3.19. The van der Waals surface area contributed by atoms with Gasteiger partial charge in [0.15, 0.2) is 0 Å². The van der Waals surface area contributed by atoms with E-state index in [4.69, 9.17) is 0 Å². The van der Waals surface area contributed by atoms with Crippen molar-refractivity contribution >= 4 is 16.9 Å². The highest BCUT2D eigenvalue weighted by Gasteiger charge is 2.25. The lowest BCUT2D eigenvalue weighted by Gasteiger charge is -2.12. The Kier molecular flexibility index (Phi) is 4.79. The third kappa shape index (κ3) is 3.94. The second-order valence-electron chi connectivity index (χ2n) is 7.20. The molecular weight excluding hydrogens is 345 g/mol. The summed E-state index contributed by atoms with van der Waals surface area (Å²) in [6, 6.07) is 15.2. The predicted octanol–water partition coefficient (Wildman–Crippen LogP) is 2.93. The van der Waals surface area contributed by atoms with Gasteiger partial charge in [0, 0.05) is 6.04 Å². The highest BCUT2D eigenvalue weighted by molar-refractivity contribution is 5.79. The lowest BCUT2D eigenvalue weighted by atomic mass is 10.1. The van der Waals surface area contributed by atoms with Crippen molar-refractivity contribution in [3.8, 4) is 0 Å². The number of carbonyl (C=O) groups is 1. The number of rotatable bonds is 5. The topological polar surface area (TPSA) is 66.9 Å². The third-order valence-electron chi connectivity index (χ3n) is 5.14. The predicted molar refractivity (Wildman–Crippen MR) is 102 cm³/mol. The zero-order chi connectivity index (χ0) is 18.8. The van der Waals surface area contributed by atoms with E-state index in [9.17, 15) is 14.0 Å². The van der Waals surface area contributed by atoms with Crippen LogP contribution in [0.4, 0.5) is 4.39 Å². The fraction of sp³-hybridized carbons (Fsp3) is 0.333. The molecule has 6 heteroatoms. The number of benzene rings is 2. The van der Waals surface area contributed by atoms with E-state index in [2.05, 4.69) is 10.3 Å². The van der Waals surface area contributed by atoms with Gasteiger partial charge in [-0.15, -0.1) is 0 Å². The smallest absolute Gasteiger partial charge is 0.326 e. The number of halogens is 1. The third-order valence-corrected chi connectivity index (χ3v) is 5.14. The summed E-state index contributed by atoms with van der Waals surface area (Å²) in [6.07, 6.45) is 1.16. The van der Waals surface area contributed by atoms with Crippen LogP contribution in [0.5, 0.6) is 0 Å². The van der Waals surface area contributed by atoms with Gasteiger partial charge in [0.05, 0.1) is 24.0 Å². The van der Waals surface area contributed by atoms with Crippen LogP contribution in [-0.2, 0) is 17.8 Å². The van der Waals surface area contributed by atoms with Crippen molar-refractivity contribution in [2.75, 3.05) is 0 Å². The molecule has 1 heterocycles. The minimum absolute atomic E-state index is 0.0412. The Hall–Kier alpha value is -2.89. The molecule has 1 fully saturated rings. The van der Waals surface area contributed by atoms with Crippen LogP contribution >= 0.6 is 0 Å². The van der Waals surface area contributed by atoms with Crippen LogP contribution in [0.2, 0.25) is 0 Å². The fourth-order valence-electron chi connectivity index (χ4n) is 3.73. The molecule has 1 aliphatic rings. The van der Waals surface area contributed by atoms with Gasteiger partial charge >= 0.3 is 5.69 Å². The Labute approximate surface area is 156 Å². The first-order chi connectivity index (χ1) is 13.1. The minimum Gasteiger partial charge on any atom is -0.353 e. The van der Waals surface area contributed by atoms with Crippen LogP contribution in [0.1, 0.15) is 30.4 Å². The number of hydrogen-bond donors (Lipinski definition) is 2. The van der Waals surface area contributed by atoms with Crippen LogP contribution < -0.4 is 11.0 Å². The number of aromatic amines is 1. The number of alkyl halides is 1. The van der Waals surface area contributed by atoms with Crippen LogP contribution in [0, 0.1) is 0 Å². The van der Waals surface area contributed by atoms with Gasteiger partial charge in [0.1, 0.15) is 6.17 Å². The van der Waals surface area contributed by atoms with Crippen molar-refractivity contribution in [2.24, 2.45) is 0 Å². The molecule has 1 saturated carbocycles. The molecule has 0 bridgehead atoms. The lowest BCUT2D eigenvalue weighted by Crippen LogP contribution is -2.34. The Morgan fingerprint density at radius 1 is 1.11 bits per heavy atom. The molecule has 2 aromatic carbocycles. The fourth-order valence-corrected chi connectivity index (χ4v) is 3.73. The first-order valence-electron chi connectivity index (χ1n) is 9.27. The molecule has 0 saturated heterocycles. The van der Waals surface area contributed by atoms with Gasteiger partial charge in [-0.25, -0.2) is 9.18 Å². The van der Waals surface area contributed by atoms with E-state index in [-0.39, 0.29) is 24.1 Å². The highest BCUT2D eigenvalue weighted by atomic mass is 19.1. The Morgan fingerprint density at radius 3 is 2.59 bits per heavy atom. The van der Waals surface area contributed by atoms with Crippen molar-refractivity contribution in [3.05, 3.63) is 70.1 Å². The minimum atomic E-state index is -0.789. The molecule has 1 aliphatic carbocycles. The lowest BCUT2D eigenvalue weighted by molar-refractivity contribution is -0.121. The van der Waals surface area contributed by atoms with Crippen LogP contribution in [0.3, 0.4) is 0 Å². The summed E-state index contributed by atoms with van der Waals surface area (Å²) in [7, 11) is 0. The second kappa shape index (κ2) is 7.39. The van der Waals surface area contributed by atoms with Crippen LogP contribution in [-0.4, -0.2) is 27.7 Å². The standard InChI is InChI=1S/C21H22FN3O2/c22-16-9-10-17(12-16)23-20(26)11-14-5-7-15(8-6-14)13-25-19-4-2-1-3-18(19)24-21(25)27/h1-8,16-17H,9-13H2,(H,23,26)(H,24,27). The Bertz CT molecular complexity index is 1010. The largest absolute Gasteiger partial charge is 0.353 e. The van der Waals surface area contributed by atoms with Crippen LogP contribution in [0.15, 0.2) is 53.3 Å². The average molecular weight is 367 g/mol. The number of carbonyl (C=O) groups excluding carboxylic acids is 1. The van der Waals surface area contributed by atoms with Gasteiger partial charge < -0.3 is 10.3 Å². The summed E-state index contributed by atoms with van der Waals surface area (Å²) in [5.74, 6) is -0.0744. The molecule has 140 valence electrons.